The van der Waals surface area contributed by atoms with E-state index >= 15 is 0 Å². The van der Waals surface area contributed by atoms with Gasteiger partial charge in [-0.15, -0.1) is 0 Å². The number of rotatable bonds is 4. The highest BCUT2D eigenvalue weighted by Gasteiger charge is 2.14. The molecule has 0 aliphatic carbocycles. The van der Waals surface area contributed by atoms with Gasteiger partial charge in [-0.05, 0) is 26.0 Å². The van der Waals surface area contributed by atoms with Gasteiger partial charge in [0.1, 0.15) is 11.9 Å². The van der Waals surface area contributed by atoms with Crippen molar-refractivity contribution >= 4 is 5.97 Å². The third-order valence-corrected chi connectivity index (χ3v) is 1.83. The lowest BCUT2D eigenvalue weighted by Crippen LogP contribution is -2.00. The van der Waals surface area contributed by atoms with Gasteiger partial charge in [-0.2, -0.15) is 0 Å². The van der Waals surface area contributed by atoms with Gasteiger partial charge in [0.15, 0.2) is 0 Å². The third-order valence-electron chi connectivity index (χ3n) is 1.83. The number of furan rings is 1. The number of carbonyl (C=O) groups excluding carboxylic acids is 1. The summed E-state index contributed by atoms with van der Waals surface area (Å²) < 4.78 is 15.1. The molecule has 0 N–H and O–H groups in total. The molecule has 1 heterocycles. The van der Waals surface area contributed by atoms with Gasteiger partial charge in [-0.25, -0.2) is 4.79 Å². The number of carbonyl (C=O) groups is 1. The minimum atomic E-state index is -0.472. The first-order valence-corrected chi connectivity index (χ1v) is 4.48. The lowest BCUT2D eigenvalue weighted by atomic mass is 10.3. The first-order chi connectivity index (χ1) is 6.69. The Morgan fingerprint density at radius 2 is 2.29 bits per heavy atom. The van der Waals surface area contributed by atoms with E-state index in [0.717, 1.165) is 0 Å². The molecule has 1 rings (SSSR count). The van der Waals surface area contributed by atoms with Crippen LogP contribution in [0.15, 0.2) is 16.5 Å². The van der Waals surface area contributed by atoms with Crippen molar-refractivity contribution in [1.29, 1.82) is 0 Å². The highest BCUT2D eigenvalue weighted by Crippen LogP contribution is 2.19. The largest absolute Gasteiger partial charge is 0.463 e. The summed E-state index contributed by atoms with van der Waals surface area (Å²) in [6.45, 7) is 4.37. The zero-order chi connectivity index (χ0) is 10.6. The number of methoxy groups -OCH3 is 1. The van der Waals surface area contributed by atoms with Crippen LogP contribution >= 0.6 is 0 Å². The summed E-state index contributed by atoms with van der Waals surface area (Å²) in [7, 11) is 1.32. The molecule has 14 heavy (non-hydrogen) atoms. The number of esters is 1. The van der Waals surface area contributed by atoms with Gasteiger partial charge in [-0.3, -0.25) is 0 Å². The van der Waals surface area contributed by atoms with E-state index in [1.807, 2.05) is 13.8 Å². The maximum Gasteiger partial charge on any atom is 0.373 e. The number of hydrogen-bond donors (Lipinski definition) is 0. The van der Waals surface area contributed by atoms with E-state index in [1.54, 1.807) is 12.1 Å². The summed E-state index contributed by atoms with van der Waals surface area (Å²) in [6, 6.07) is 3.29. The second-order valence-corrected chi connectivity index (χ2v) is 2.79. The molecule has 78 valence electrons. The summed E-state index contributed by atoms with van der Waals surface area (Å²) in [5.41, 5.74) is 0. The van der Waals surface area contributed by atoms with Gasteiger partial charge in [0.25, 0.3) is 0 Å². The van der Waals surface area contributed by atoms with Crippen molar-refractivity contribution in [3.63, 3.8) is 0 Å². The summed E-state index contributed by atoms with van der Waals surface area (Å²) in [5.74, 6) is 0.362. The second kappa shape index (κ2) is 4.81. The van der Waals surface area contributed by atoms with Crippen molar-refractivity contribution in [2.24, 2.45) is 0 Å². The molecule has 4 heteroatoms. The summed E-state index contributed by atoms with van der Waals surface area (Å²) in [5, 5.41) is 0. The summed E-state index contributed by atoms with van der Waals surface area (Å²) in [6.07, 6.45) is -0.140. The zero-order valence-electron chi connectivity index (χ0n) is 8.57. The molecule has 0 radical (unpaired) electrons. The Labute approximate surface area is 82.8 Å². The van der Waals surface area contributed by atoms with Crippen LogP contribution in [-0.4, -0.2) is 19.7 Å². The Hall–Kier alpha value is -1.29. The van der Waals surface area contributed by atoms with E-state index in [1.165, 1.54) is 7.11 Å². The fourth-order valence-corrected chi connectivity index (χ4v) is 1.11. The molecule has 1 unspecified atom stereocenters. The van der Waals surface area contributed by atoms with Crippen LogP contribution in [0.25, 0.3) is 0 Å². The van der Waals surface area contributed by atoms with E-state index in [9.17, 15) is 4.79 Å². The molecule has 0 amide bonds. The lowest BCUT2D eigenvalue weighted by molar-refractivity contribution is 0.0497. The van der Waals surface area contributed by atoms with Crippen molar-refractivity contribution in [3.8, 4) is 0 Å². The molecular weight excluding hydrogens is 184 g/mol. The summed E-state index contributed by atoms with van der Waals surface area (Å²) >= 11 is 0. The molecular formula is C10H14O4. The van der Waals surface area contributed by atoms with Crippen LogP contribution in [0.2, 0.25) is 0 Å². The highest BCUT2D eigenvalue weighted by atomic mass is 16.5. The van der Waals surface area contributed by atoms with Gasteiger partial charge in [0.2, 0.25) is 5.76 Å². The Morgan fingerprint density at radius 1 is 1.57 bits per heavy atom. The summed E-state index contributed by atoms with van der Waals surface area (Å²) in [4.78, 5) is 11.1. The Balaban J connectivity index is 2.72. The molecule has 0 saturated carbocycles. The topological polar surface area (TPSA) is 48.7 Å². The van der Waals surface area contributed by atoms with Crippen molar-refractivity contribution in [1.82, 2.24) is 0 Å². The Kier molecular flexibility index (Phi) is 3.71. The van der Waals surface area contributed by atoms with Gasteiger partial charge >= 0.3 is 5.97 Å². The smallest absolute Gasteiger partial charge is 0.373 e. The SMILES string of the molecule is CCOC(C)c1ccc(C(=O)OC)o1. The van der Waals surface area contributed by atoms with Crippen molar-refractivity contribution in [3.05, 3.63) is 23.7 Å². The molecule has 0 spiro atoms. The molecule has 0 fully saturated rings. The minimum absolute atomic E-state index is 0.140. The molecule has 0 saturated heterocycles. The van der Waals surface area contributed by atoms with E-state index in [2.05, 4.69) is 4.74 Å². The highest BCUT2D eigenvalue weighted by molar-refractivity contribution is 5.86. The maximum atomic E-state index is 11.1. The van der Waals surface area contributed by atoms with E-state index in [0.29, 0.717) is 12.4 Å². The fourth-order valence-electron chi connectivity index (χ4n) is 1.11. The van der Waals surface area contributed by atoms with Crippen LogP contribution in [0.3, 0.4) is 0 Å². The fraction of sp³-hybridized carbons (Fsp3) is 0.500. The molecule has 0 aromatic carbocycles. The van der Waals surface area contributed by atoms with E-state index in [-0.39, 0.29) is 11.9 Å². The standard InChI is InChI=1S/C10H14O4/c1-4-13-7(2)8-5-6-9(14-8)10(11)12-3/h5-7H,4H2,1-3H3. The quantitative estimate of drug-likeness (QED) is 0.695. The van der Waals surface area contributed by atoms with Gasteiger partial charge in [0.05, 0.1) is 7.11 Å². The van der Waals surface area contributed by atoms with Crippen molar-refractivity contribution in [2.45, 2.75) is 20.0 Å². The molecule has 0 bridgehead atoms. The first kappa shape index (κ1) is 10.8. The molecule has 4 nitrogen and oxygen atoms in total. The third kappa shape index (κ3) is 2.35. The molecule has 1 aromatic rings. The van der Waals surface area contributed by atoms with Crippen molar-refractivity contribution in [2.75, 3.05) is 13.7 Å². The molecule has 0 aliphatic rings. The molecule has 1 atom stereocenters. The van der Waals surface area contributed by atoms with Gasteiger partial charge in [-0.1, -0.05) is 0 Å². The average molecular weight is 198 g/mol. The van der Waals surface area contributed by atoms with Gasteiger partial charge < -0.3 is 13.9 Å². The predicted molar refractivity (Wildman–Crippen MR) is 50.1 cm³/mol. The molecule has 1 aromatic heterocycles. The zero-order valence-corrected chi connectivity index (χ0v) is 8.57. The Morgan fingerprint density at radius 3 is 2.86 bits per heavy atom. The van der Waals surface area contributed by atoms with E-state index in [4.69, 9.17) is 9.15 Å². The predicted octanol–water partition coefficient (Wildman–Crippen LogP) is 2.16. The van der Waals surface area contributed by atoms with Crippen LogP contribution in [0, 0.1) is 0 Å². The van der Waals surface area contributed by atoms with Crippen LogP contribution in [0.4, 0.5) is 0 Å². The van der Waals surface area contributed by atoms with Crippen LogP contribution in [0.1, 0.15) is 36.3 Å². The second-order valence-electron chi connectivity index (χ2n) is 2.79. The normalized spacial score (nSPS) is 12.5. The lowest BCUT2D eigenvalue weighted by Gasteiger charge is -2.07. The molecule has 0 aliphatic heterocycles. The van der Waals surface area contributed by atoms with Crippen LogP contribution in [0.5, 0.6) is 0 Å². The average Bonchev–Trinajstić information content (AvgIpc) is 2.66. The van der Waals surface area contributed by atoms with E-state index < -0.39 is 5.97 Å². The Bertz CT molecular complexity index is 303. The monoisotopic (exact) mass is 198 g/mol. The minimum Gasteiger partial charge on any atom is -0.463 e. The maximum absolute atomic E-state index is 11.1. The number of ether oxygens (including phenoxy) is 2. The van der Waals surface area contributed by atoms with Crippen LogP contribution < -0.4 is 0 Å². The van der Waals surface area contributed by atoms with Gasteiger partial charge in [0, 0.05) is 6.61 Å². The first-order valence-electron chi connectivity index (χ1n) is 4.48. The van der Waals surface area contributed by atoms with Crippen molar-refractivity contribution < 1.29 is 18.7 Å². The van der Waals surface area contributed by atoms with Crippen LogP contribution in [-0.2, 0) is 9.47 Å². The number of hydrogen-bond acceptors (Lipinski definition) is 4.